The molecular formula is C32H40ClN5O. The summed E-state index contributed by atoms with van der Waals surface area (Å²) in [6, 6.07) is 20.0. The van der Waals surface area contributed by atoms with Gasteiger partial charge < -0.3 is 22.5 Å². The van der Waals surface area contributed by atoms with E-state index in [-0.39, 0.29) is 12.4 Å². The molecule has 2 aromatic heterocycles. The van der Waals surface area contributed by atoms with Crippen molar-refractivity contribution in [3.05, 3.63) is 72.2 Å². The Bertz CT molecular complexity index is 1450. The minimum absolute atomic E-state index is 0. The van der Waals surface area contributed by atoms with E-state index in [1.54, 1.807) is 0 Å². The molecule has 0 aliphatic heterocycles. The number of nitrogens with one attached hydrogen (secondary N) is 1. The van der Waals surface area contributed by atoms with E-state index in [2.05, 4.69) is 85.1 Å². The summed E-state index contributed by atoms with van der Waals surface area (Å²) in [6.07, 6.45) is 14.5. The molecule has 0 atom stereocenters. The molecule has 6 rings (SSSR count). The van der Waals surface area contributed by atoms with E-state index in [9.17, 15) is 5.21 Å². The summed E-state index contributed by atoms with van der Waals surface area (Å²) in [4.78, 5) is 2.09. The predicted molar refractivity (Wildman–Crippen MR) is 156 cm³/mol. The van der Waals surface area contributed by atoms with Gasteiger partial charge in [-0.3, -0.25) is 5.32 Å². The number of rotatable bonds is 6. The summed E-state index contributed by atoms with van der Waals surface area (Å²) >= 11 is 0. The molecule has 0 amide bonds. The second-order valence-electron chi connectivity index (χ2n) is 11.3. The van der Waals surface area contributed by atoms with Crippen LogP contribution in [0.3, 0.4) is 0 Å². The fourth-order valence-corrected chi connectivity index (χ4v) is 6.62. The Kier molecular flexibility index (Phi) is 8.31. The second kappa shape index (κ2) is 11.9. The van der Waals surface area contributed by atoms with Crippen molar-refractivity contribution >= 4 is 33.5 Å². The van der Waals surface area contributed by atoms with Crippen LogP contribution in [0.15, 0.2) is 65.9 Å². The van der Waals surface area contributed by atoms with Crippen LogP contribution in [0.25, 0.3) is 16.3 Å². The molecule has 0 unspecified atom stereocenters. The first-order valence-corrected chi connectivity index (χ1v) is 14.4. The Hall–Kier alpha value is -3.25. The van der Waals surface area contributed by atoms with Crippen LogP contribution in [-0.2, 0) is 0 Å². The van der Waals surface area contributed by atoms with Gasteiger partial charge in [-0.2, -0.15) is 0 Å². The van der Waals surface area contributed by atoms with Crippen molar-refractivity contribution in [2.45, 2.75) is 76.3 Å². The molecule has 2 aromatic carbocycles. The van der Waals surface area contributed by atoms with Crippen LogP contribution in [-0.4, -0.2) is 35.5 Å². The Morgan fingerprint density at radius 1 is 0.897 bits per heavy atom. The lowest BCUT2D eigenvalue weighted by Crippen LogP contribution is -3.00. The van der Waals surface area contributed by atoms with Gasteiger partial charge in [0, 0.05) is 30.7 Å². The molecule has 0 saturated heterocycles. The van der Waals surface area contributed by atoms with E-state index < -0.39 is 0 Å². The van der Waals surface area contributed by atoms with E-state index in [4.69, 9.17) is 0 Å². The molecule has 2 heterocycles. The van der Waals surface area contributed by atoms with Crippen molar-refractivity contribution in [1.29, 1.82) is 0 Å². The molecule has 0 bridgehead atoms. The van der Waals surface area contributed by atoms with Crippen LogP contribution in [0.4, 0.5) is 11.5 Å². The molecule has 6 nitrogen and oxygen atoms in total. The molecule has 0 spiro atoms. The van der Waals surface area contributed by atoms with Crippen LogP contribution in [0.1, 0.15) is 81.6 Å². The Balaban J connectivity index is 0.00000308. The monoisotopic (exact) mass is 545 g/mol. The Labute approximate surface area is 237 Å². The third-order valence-electron chi connectivity index (χ3n) is 8.64. The summed E-state index contributed by atoms with van der Waals surface area (Å²) in [5.41, 5.74) is 3.83. The van der Waals surface area contributed by atoms with Crippen LogP contribution < -0.4 is 27.2 Å². The molecule has 206 valence electrons. The van der Waals surface area contributed by atoms with Crippen molar-refractivity contribution in [2.75, 3.05) is 24.3 Å². The lowest BCUT2D eigenvalue weighted by Gasteiger charge is -2.25. The maximum absolute atomic E-state index is 10.6. The van der Waals surface area contributed by atoms with Crippen LogP contribution in [0, 0.1) is 0 Å². The number of anilines is 2. The van der Waals surface area contributed by atoms with Crippen molar-refractivity contribution in [2.24, 2.45) is 5.16 Å². The molecule has 39 heavy (non-hydrogen) atoms. The van der Waals surface area contributed by atoms with Crippen LogP contribution in [0.5, 0.6) is 0 Å². The zero-order valence-electron chi connectivity index (χ0n) is 23.1. The van der Waals surface area contributed by atoms with Gasteiger partial charge in [0.2, 0.25) is 0 Å². The summed E-state index contributed by atoms with van der Waals surface area (Å²) in [7, 11) is 4.09. The summed E-state index contributed by atoms with van der Waals surface area (Å²) in [6.45, 7) is 0. The van der Waals surface area contributed by atoms with Gasteiger partial charge in [-0.15, -0.1) is 0 Å². The van der Waals surface area contributed by atoms with Crippen molar-refractivity contribution in [3.63, 3.8) is 0 Å². The third kappa shape index (κ3) is 5.19. The van der Waals surface area contributed by atoms with E-state index in [1.807, 2.05) is 14.1 Å². The van der Waals surface area contributed by atoms with E-state index in [1.165, 1.54) is 73.5 Å². The van der Waals surface area contributed by atoms with Gasteiger partial charge in [0.1, 0.15) is 0 Å². The number of fused-ring (bicyclic) bond motifs is 3. The van der Waals surface area contributed by atoms with Gasteiger partial charge in [0.25, 0.3) is 11.6 Å². The number of nitrogens with zero attached hydrogens (tertiary/aromatic N) is 4. The highest BCUT2D eigenvalue weighted by molar-refractivity contribution is 6.12. The average Bonchev–Trinajstić information content (AvgIpc) is 3.29. The highest BCUT2D eigenvalue weighted by Gasteiger charge is 2.36. The molecule has 2 saturated carbocycles. The first-order valence-electron chi connectivity index (χ1n) is 14.4. The minimum Gasteiger partial charge on any atom is -1.00 e. The summed E-state index contributed by atoms with van der Waals surface area (Å²) in [5.74, 6) is 2.14. The largest absolute Gasteiger partial charge is 1.00 e. The van der Waals surface area contributed by atoms with Crippen LogP contribution >= 0.6 is 0 Å². The smallest absolute Gasteiger partial charge is 0.264 e. The fraction of sp³-hybridized carbons (Fsp3) is 0.438. The minimum atomic E-state index is 0. The average molecular weight is 546 g/mol. The third-order valence-corrected chi connectivity index (χ3v) is 8.64. The van der Waals surface area contributed by atoms with Gasteiger partial charge in [0.15, 0.2) is 11.2 Å². The molecule has 4 aromatic rings. The standard InChI is InChI=1S/C32H39N5O.ClH/c1-35(2)26-19-17-24(18-20-26)29(34-38)32-36-22-21-23-11-9-10-16-28(23)30(36)31(33-25-12-5-3-6-13-25)37(32)27-14-7-4-8-15-27;/h9-11,16-22,25,27,33H,3-8,12-15H2,1-2H3;1H. The van der Waals surface area contributed by atoms with Gasteiger partial charge in [0.05, 0.1) is 18.3 Å². The van der Waals surface area contributed by atoms with Crippen molar-refractivity contribution < 1.29 is 22.2 Å². The molecule has 7 heteroatoms. The number of imidazole rings is 1. The topological polar surface area (TPSA) is 56.1 Å². The number of aromatic nitrogens is 2. The number of oxime groups is 1. The summed E-state index contributed by atoms with van der Waals surface area (Å²) in [5, 5.41) is 21.1. The molecule has 2 aliphatic carbocycles. The van der Waals surface area contributed by atoms with Crippen molar-refractivity contribution in [3.8, 4) is 0 Å². The Morgan fingerprint density at radius 2 is 1.56 bits per heavy atom. The van der Waals surface area contributed by atoms with E-state index in [0.717, 1.165) is 29.9 Å². The zero-order chi connectivity index (χ0) is 26.1. The molecule has 2 aliphatic rings. The normalized spacial score (nSPS) is 17.3. The van der Waals surface area contributed by atoms with E-state index >= 15 is 0 Å². The second-order valence-corrected chi connectivity index (χ2v) is 11.3. The molecule has 2 fully saturated rings. The maximum Gasteiger partial charge on any atom is 0.264 e. The lowest BCUT2D eigenvalue weighted by atomic mass is 9.94. The molecule has 2 N–H and O–H groups in total. The maximum atomic E-state index is 10.6. The van der Waals surface area contributed by atoms with Gasteiger partial charge in [-0.25, -0.2) is 8.97 Å². The van der Waals surface area contributed by atoms with E-state index in [0.29, 0.717) is 17.8 Å². The first kappa shape index (κ1) is 27.3. The highest BCUT2D eigenvalue weighted by Crippen LogP contribution is 2.34. The van der Waals surface area contributed by atoms with Gasteiger partial charge >= 0.3 is 0 Å². The number of benzene rings is 2. The molecule has 0 radical (unpaired) electrons. The highest BCUT2D eigenvalue weighted by atomic mass is 35.5. The van der Waals surface area contributed by atoms with Gasteiger partial charge in [-0.1, -0.05) is 67.2 Å². The number of pyridine rings is 1. The zero-order valence-corrected chi connectivity index (χ0v) is 23.9. The van der Waals surface area contributed by atoms with Crippen molar-refractivity contribution in [1.82, 2.24) is 4.40 Å². The Morgan fingerprint density at radius 3 is 2.23 bits per heavy atom. The number of halogens is 1. The summed E-state index contributed by atoms with van der Waals surface area (Å²) < 4.78 is 4.78. The predicted octanol–water partition coefficient (Wildman–Crippen LogP) is 3.93. The molecular weight excluding hydrogens is 506 g/mol. The number of hydrogen-bond acceptors (Lipinski definition) is 4. The fourth-order valence-electron chi connectivity index (χ4n) is 6.62. The number of hydrogen-bond donors (Lipinski definition) is 2. The van der Waals surface area contributed by atoms with Gasteiger partial charge in [-0.05, 0) is 62.1 Å². The first-order chi connectivity index (χ1) is 18.7. The van der Waals surface area contributed by atoms with Crippen LogP contribution in [0.2, 0.25) is 0 Å². The SMILES string of the molecule is CN(C)c1ccc(/C(=N/O)c2n3ccc4ccccc4c3c(NC3CCCCC3)[n+]2C2CCCCC2)cc1.[Cl-]. The lowest BCUT2D eigenvalue weighted by molar-refractivity contribution is -0.712. The quantitative estimate of drug-likeness (QED) is 0.167.